The van der Waals surface area contributed by atoms with E-state index in [1.807, 2.05) is 18.4 Å². The Bertz CT molecular complexity index is 1000. The van der Waals surface area contributed by atoms with Gasteiger partial charge in [-0.05, 0) is 56.8 Å². The molecule has 2 aromatic rings. The van der Waals surface area contributed by atoms with Gasteiger partial charge in [0.25, 0.3) is 11.8 Å². The number of carbonyl (C=O) groups is 2. The fourth-order valence-electron chi connectivity index (χ4n) is 3.98. The van der Waals surface area contributed by atoms with Crippen molar-refractivity contribution in [2.24, 2.45) is 5.73 Å². The summed E-state index contributed by atoms with van der Waals surface area (Å²) in [4.78, 5) is 26.9. The number of primary amides is 1. The fourth-order valence-corrected chi connectivity index (χ4v) is 3.98. The number of nitrogens with two attached hydrogens (primary N) is 1. The lowest BCUT2D eigenvalue weighted by atomic mass is 10.0. The first kappa shape index (κ1) is 20.8. The summed E-state index contributed by atoms with van der Waals surface area (Å²) < 4.78 is 15.8. The van der Waals surface area contributed by atoms with Crippen molar-refractivity contribution < 1.29 is 14.0 Å². The van der Waals surface area contributed by atoms with Gasteiger partial charge in [0, 0.05) is 35.7 Å². The predicted octanol–water partition coefficient (Wildman–Crippen LogP) is 3.18. The number of hydrogen-bond acceptors (Lipinski definition) is 3. The Hall–Kier alpha value is -2.93. The highest BCUT2D eigenvalue weighted by molar-refractivity contribution is 6.35. The summed E-state index contributed by atoms with van der Waals surface area (Å²) in [6, 6.07) is 4.21. The first-order valence-electron chi connectivity index (χ1n) is 9.83. The monoisotopic (exact) mass is 398 g/mol. The number of anilines is 1. The van der Waals surface area contributed by atoms with Gasteiger partial charge in [0.1, 0.15) is 5.82 Å². The highest BCUT2D eigenvalue weighted by atomic mass is 19.1. The third kappa shape index (κ3) is 3.82. The van der Waals surface area contributed by atoms with Crippen molar-refractivity contribution in [1.82, 2.24) is 9.47 Å². The summed E-state index contributed by atoms with van der Waals surface area (Å²) in [5.74, 6) is -1.20. The second-order valence-corrected chi connectivity index (χ2v) is 7.22. The standard InChI is InChI=1S/C22H27FN4O2/c1-5-26(6-2)9-10-27-14(4)20(21(24)28)13(3)19(27)12-17-16-11-15(23)7-8-18(16)25-22(17)29/h7-8,11-12H,5-6,9-10H2,1-4H3,(H2,24,28)(H,25,29)/b17-12-. The van der Waals surface area contributed by atoms with Gasteiger partial charge in [-0.1, -0.05) is 13.8 Å². The number of halogens is 1. The van der Waals surface area contributed by atoms with Gasteiger partial charge in [0.15, 0.2) is 0 Å². The van der Waals surface area contributed by atoms with Crippen LogP contribution in [0.3, 0.4) is 0 Å². The van der Waals surface area contributed by atoms with Crippen molar-refractivity contribution >= 4 is 29.2 Å². The molecule has 0 fully saturated rings. The molecule has 0 spiro atoms. The van der Waals surface area contributed by atoms with Crippen molar-refractivity contribution in [3.63, 3.8) is 0 Å². The lowest BCUT2D eigenvalue weighted by Gasteiger charge is -2.20. The molecule has 0 radical (unpaired) electrons. The average molecular weight is 398 g/mol. The lowest BCUT2D eigenvalue weighted by Crippen LogP contribution is -2.27. The molecule has 1 aliphatic heterocycles. The number of benzene rings is 1. The molecule has 1 aliphatic rings. The first-order chi connectivity index (χ1) is 13.8. The van der Waals surface area contributed by atoms with Crippen LogP contribution in [0.15, 0.2) is 18.2 Å². The van der Waals surface area contributed by atoms with Crippen LogP contribution in [0.5, 0.6) is 0 Å². The maximum atomic E-state index is 13.8. The minimum Gasteiger partial charge on any atom is -0.366 e. The van der Waals surface area contributed by atoms with E-state index in [4.69, 9.17) is 5.73 Å². The molecule has 2 heterocycles. The van der Waals surface area contributed by atoms with Crippen molar-refractivity contribution in [1.29, 1.82) is 0 Å². The van der Waals surface area contributed by atoms with Crippen LogP contribution >= 0.6 is 0 Å². The smallest absolute Gasteiger partial charge is 0.256 e. The highest BCUT2D eigenvalue weighted by Crippen LogP contribution is 2.35. The van der Waals surface area contributed by atoms with Crippen molar-refractivity contribution in [2.45, 2.75) is 34.2 Å². The average Bonchev–Trinajstić information content (AvgIpc) is 3.10. The molecule has 154 valence electrons. The van der Waals surface area contributed by atoms with Crippen LogP contribution in [0, 0.1) is 19.7 Å². The summed E-state index contributed by atoms with van der Waals surface area (Å²) in [5.41, 5.74) is 9.80. The Morgan fingerprint density at radius 3 is 2.59 bits per heavy atom. The molecule has 29 heavy (non-hydrogen) atoms. The molecule has 0 unspecified atom stereocenters. The van der Waals surface area contributed by atoms with Gasteiger partial charge in [-0.3, -0.25) is 9.59 Å². The fraction of sp³-hybridized carbons (Fsp3) is 0.364. The van der Waals surface area contributed by atoms with Gasteiger partial charge >= 0.3 is 0 Å². The normalized spacial score (nSPS) is 14.6. The number of rotatable bonds is 7. The minimum absolute atomic E-state index is 0.292. The SMILES string of the molecule is CCN(CC)CCn1c(C)c(C(N)=O)c(C)c1/C=C1\C(=O)Nc2ccc(F)cc21. The number of nitrogens with zero attached hydrogens (tertiary/aromatic N) is 2. The summed E-state index contributed by atoms with van der Waals surface area (Å²) in [6.07, 6.45) is 1.73. The third-order valence-corrected chi connectivity index (χ3v) is 5.64. The number of hydrogen-bond donors (Lipinski definition) is 2. The zero-order valence-corrected chi connectivity index (χ0v) is 17.3. The number of likely N-dealkylation sites (N-methyl/N-ethyl adjacent to an activating group) is 1. The van der Waals surface area contributed by atoms with E-state index in [2.05, 4.69) is 24.1 Å². The molecular formula is C22H27FN4O2. The van der Waals surface area contributed by atoms with Gasteiger partial charge in [0.05, 0.1) is 11.1 Å². The van der Waals surface area contributed by atoms with Gasteiger partial charge in [-0.2, -0.15) is 0 Å². The number of aromatic nitrogens is 1. The number of amides is 2. The Morgan fingerprint density at radius 1 is 1.28 bits per heavy atom. The van der Waals surface area contributed by atoms with Crippen molar-refractivity contribution in [3.8, 4) is 0 Å². The van der Waals surface area contributed by atoms with E-state index in [0.29, 0.717) is 28.9 Å². The van der Waals surface area contributed by atoms with Gasteiger partial charge in [0.2, 0.25) is 0 Å². The zero-order valence-electron chi connectivity index (χ0n) is 17.3. The second kappa shape index (κ2) is 8.21. The first-order valence-corrected chi connectivity index (χ1v) is 9.83. The molecule has 3 rings (SSSR count). The maximum absolute atomic E-state index is 13.8. The minimum atomic E-state index is -0.497. The molecule has 0 atom stereocenters. The van der Waals surface area contributed by atoms with Gasteiger partial charge in [-0.15, -0.1) is 0 Å². The molecule has 0 aliphatic carbocycles. The van der Waals surface area contributed by atoms with E-state index < -0.39 is 11.7 Å². The second-order valence-electron chi connectivity index (χ2n) is 7.22. The largest absolute Gasteiger partial charge is 0.366 e. The summed E-state index contributed by atoms with van der Waals surface area (Å²) >= 11 is 0. The Morgan fingerprint density at radius 2 is 1.97 bits per heavy atom. The number of fused-ring (bicyclic) bond motifs is 1. The summed E-state index contributed by atoms with van der Waals surface area (Å²) in [6.45, 7) is 11.2. The molecule has 7 heteroatoms. The van der Waals surface area contributed by atoms with E-state index in [0.717, 1.165) is 36.6 Å². The molecule has 2 amide bonds. The molecule has 6 nitrogen and oxygen atoms in total. The third-order valence-electron chi connectivity index (χ3n) is 5.64. The van der Waals surface area contributed by atoms with Crippen LogP contribution in [0.25, 0.3) is 11.6 Å². The summed E-state index contributed by atoms with van der Waals surface area (Å²) in [5, 5.41) is 2.76. The van der Waals surface area contributed by atoms with Gasteiger partial charge < -0.3 is 20.5 Å². The van der Waals surface area contributed by atoms with E-state index >= 15 is 0 Å². The van der Waals surface area contributed by atoms with Gasteiger partial charge in [-0.25, -0.2) is 4.39 Å². The Balaban J connectivity index is 2.13. The van der Waals surface area contributed by atoms with Crippen molar-refractivity contribution in [3.05, 3.63) is 52.1 Å². The topological polar surface area (TPSA) is 80.4 Å². The molecule has 1 aromatic heterocycles. The zero-order chi connectivity index (χ0) is 21.3. The summed E-state index contributed by atoms with van der Waals surface area (Å²) in [7, 11) is 0. The van der Waals surface area contributed by atoms with Crippen LogP contribution in [-0.2, 0) is 11.3 Å². The molecule has 0 saturated carbocycles. The van der Waals surface area contributed by atoms with Crippen LogP contribution < -0.4 is 11.1 Å². The Kier molecular flexibility index (Phi) is 5.88. The highest BCUT2D eigenvalue weighted by Gasteiger charge is 2.27. The van der Waals surface area contributed by atoms with Crippen LogP contribution in [0.4, 0.5) is 10.1 Å². The predicted molar refractivity (Wildman–Crippen MR) is 113 cm³/mol. The molecule has 0 saturated heterocycles. The van der Waals surface area contributed by atoms with E-state index in [-0.39, 0.29) is 5.91 Å². The molecular weight excluding hydrogens is 371 g/mol. The van der Waals surface area contributed by atoms with E-state index in [9.17, 15) is 14.0 Å². The molecule has 1 aromatic carbocycles. The quantitative estimate of drug-likeness (QED) is 0.703. The van der Waals surface area contributed by atoms with E-state index in [1.165, 1.54) is 12.1 Å². The number of nitrogens with one attached hydrogen (secondary N) is 1. The number of carbonyl (C=O) groups excluding carboxylic acids is 2. The van der Waals surface area contributed by atoms with Crippen LogP contribution in [-0.4, -0.2) is 40.9 Å². The van der Waals surface area contributed by atoms with Crippen LogP contribution in [0.1, 0.15) is 46.7 Å². The lowest BCUT2D eigenvalue weighted by molar-refractivity contribution is -0.110. The molecule has 3 N–H and O–H groups in total. The molecule has 0 bridgehead atoms. The maximum Gasteiger partial charge on any atom is 0.256 e. The Labute approximate surface area is 170 Å². The van der Waals surface area contributed by atoms with Crippen LogP contribution in [0.2, 0.25) is 0 Å². The van der Waals surface area contributed by atoms with Crippen molar-refractivity contribution in [2.75, 3.05) is 25.0 Å². The van der Waals surface area contributed by atoms with E-state index in [1.54, 1.807) is 12.1 Å².